The lowest BCUT2D eigenvalue weighted by molar-refractivity contribution is -0.163. The average Bonchev–Trinajstić information content (AvgIpc) is 3.20. The van der Waals surface area contributed by atoms with Gasteiger partial charge in [0.25, 0.3) is 0 Å². The summed E-state index contributed by atoms with van der Waals surface area (Å²) in [6.45, 7) is 7.71. The number of esters is 2. The number of ether oxygens (including phenoxy) is 3. The van der Waals surface area contributed by atoms with Gasteiger partial charge in [-0.3, -0.25) is 9.59 Å². The smallest absolute Gasteiger partial charge is 0.306 e. The van der Waals surface area contributed by atoms with E-state index in [1.807, 2.05) is 0 Å². The molecule has 0 fully saturated rings. The molecule has 0 spiro atoms. The Balaban J connectivity index is 4.21. The van der Waals surface area contributed by atoms with Crippen molar-refractivity contribution in [3.8, 4) is 0 Å². The maximum absolute atomic E-state index is 12.7. The van der Waals surface area contributed by atoms with Gasteiger partial charge in [-0.2, -0.15) is 0 Å². The minimum absolute atomic E-state index is 0.0789. The summed E-state index contributed by atoms with van der Waals surface area (Å²) in [6.07, 6.45) is 56.8. The van der Waals surface area contributed by atoms with Crippen molar-refractivity contribution in [3.05, 3.63) is 48.6 Å². The van der Waals surface area contributed by atoms with Gasteiger partial charge in [0.1, 0.15) is 6.61 Å². The molecule has 0 bridgehead atoms. The third-order valence-electron chi connectivity index (χ3n) is 10.3. The van der Waals surface area contributed by atoms with Gasteiger partial charge >= 0.3 is 11.9 Å². The lowest BCUT2D eigenvalue weighted by Gasteiger charge is -2.18. The summed E-state index contributed by atoms with van der Waals surface area (Å²) in [6, 6.07) is 0. The first-order chi connectivity index (χ1) is 27.6. The number of carbonyl (C=O) groups is 2. The minimum Gasteiger partial charge on any atom is -0.462 e. The van der Waals surface area contributed by atoms with E-state index in [1.54, 1.807) is 0 Å². The van der Waals surface area contributed by atoms with E-state index in [0.29, 0.717) is 19.4 Å². The number of carbonyl (C=O) groups excluding carboxylic acids is 2. The molecule has 0 amide bonds. The summed E-state index contributed by atoms with van der Waals surface area (Å²) in [5.41, 5.74) is 0. The maximum Gasteiger partial charge on any atom is 0.306 e. The van der Waals surface area contributed by atoms with Crippen LogP contribution in [-0.4, -0.2) is 37.9 Å². The van der Waals surface area contributed by atoms with Gasteiger partial charge in [0, 0.05) is 19.4 Å². The number of hydrogen-bond acceptors (Lipinski definition) is 5. The van der Waals surface area contributed by atoms with Crippen LogP contribution in [0.1, 0.15) is 239 Å². The van der Waals surface area contributed by atoms with Crippen molar-refractivity contribution < 1.29 is 23.8 Å². The van der Waals surface area contributed by atoms with E-state index in [2.05, 4.69) is 69.4 Å². The van der Waals surface area contributed by atoms with Gasteiger partial charge in [-0.1, -0.05) is 198 Å². The molecule has 0 aromatic rings. The van der Waals surface area contributed by atoms with Crippen molar-refractivity contribution in [1.82, 2.24) is 0 Å². The molecule has 0 aliphatic heterocycles. The minimum atomic E-state index is -0.540. The Hall–Kier alpha value is -2.14. The summed E-state index contributed by atoms with van der Waals surface area (Å²) in [5.74, 6) is -0.409. The average molecular weight is 785 g/mol. The Morgan fingerprint density at radius 3 is 1.29 bits per heavy atom. The van der Waals surface area contributed by atoms with Crippen LogP contribution in [0.4, 0.5) is 0 Å². The van der Waals surface area contributed by atoms with Crippen molar-refractivity contribution >= 4 is 11.9 Å². The Morgan fingerprint density at radius 2 is 0.786 bits per heavy atom. The van der Waals surface area contributed by atoms with E-state index < -0.39 is 6.10 Å². The molecule has 0 aromatic carbocycles. The van der Waals surface area contributed by atoms with Crippen molar-refractivity contribution in [3.63, 3.8) is 0 Å². The zero-order valence-electron chi connectivity index (χ0n) is 37.4. The fourth-order valence-electron chi connectivity index (χ4n) is 6.69. The zero-order valence-corrected chi connectivity index (χ0v) is 37.4. The molecule has 0 rings (SSSR count). The molecule has 0 radical (unpaired) electrons. The van der Waals surface area contributed by atoms with Crippen LogP contribution in [0.5, 0.6) is 0 Å². The molecule has 0 aromatic heterocycles. The molecule has 1 atom stereocenters. The molecular weight excluding hydrogens is 693 g/mol. The molecule has 0 N–H and O–H groups in total. The van der Waals surface area contributed by atoms with Crippen molar-refractivity contribution in [1.29, 1.82) is 0 Å². The monoisotopic (exact) mass is 785 g/mol. The molecule has 0 saturated carbocycles. The fraction of sp³-hybridized carbons (Fsp3) is 0.804. The van der Waals surface area contributed by atoms with Crippen LogP contribution >= 0.6 is 0 Å². The highest BCUT2D eigenvalue weighted by molar-refractivity contribution is 5.70. The largest absolute Gasteiger partial charge is 0.462 e. The molecule has 56 heavy (non-hydrogen) atoms. The second-order valence-electron chi connectivity index (χ2n) is 16.0. The predicted molar refractivity (Wildman–Crippen MR) is 242 cm³/mol. The van der Waals surface area contributed by atoms with Gasteiger partial charge in [-0.05, 0) is 77.0 Å². The molecular formula is C51H92O5. The summed E-state index contributed by atoms with van der Waals surface area (Å²) < 4.78 is 17.3. The van der Waals surface area contributed by atoms with Gasteiger partial charge in [0.15, 0.2) is 6.10 Å². The molecule has 1 unspecified atom stereocenters. The molecule has 0 aliphatic rings. The highest BCUT2D eigenvalue weighted by Gasteiger charge is 2.17. The third-order valence-corrected chi connectivity index (χ3v) is 10.3. The van der Waals surface area contributed by atoms with E-state index in [0.717, 1.165) is 57.8 Å². The van der Waals surface area contributed by atoms with E-state index in [1.165, 1.54) is 148 Å². The Bertz CT molecular complexity index is 935. The van der Waals surface area contributed by atoms with E-state index in [-0.39, 0.29) is 25.2 Å². The van der Waals surface area contributed by atoms with Crippen molar-refractivity contribution in [2.45, 2.75) is 245 Å². The summed E-state index contributed by atoms with van der Waals surface area (Å²) >= 11 is 0. The third kappa shape index (κ3) is 44.6. The van der Waals surface area contributed by atoms with Crippen LogP contribution in [-0.2, 0) is 23.8 Å². The topological polar surface area (TPSA) is 61.8 Å². The molecule has 0 saturated heterocycles. The van der Waals surface area contributed by atoms with Crippen LogP contribution in [0.25, 0.3) is 0 Å². The van der Waals surface area contributed by atoms with Gasteiger partial charge in [0.2, 0.25) is 0 Å². The fourth-order valence-corrected chi connectivity index (χ4v) is 6.69. The van der Waals surface area contributed by atoms with Gasteiger partial charge < -0.3 is 14.2 Å². The lowest BCUT2D eigenvalue weighted by atomic mass is 10.1. The van der Waals surface area contributed by atoms with Crippen molar-refractivity contribution in [2.24, 2.45) is 0 Å². The van der Waals surface area contributed by atoms with Gasteiger partial charge in [-0.15, -0.1) is 0 Å². The lowest BCUT2D eigenvalue weighted by Crippen LogP contribution is -2.30. The molecule has 0 aliphatic carbocycles. The van der Waals surface area contributed by atoms with Crippen LogP contribution in [0.2, 0.25) is 0 Å². The Kier molecular flexibility index (Phi) is 45.4. The number of hydrogen-bond donors (Lipinski definition) is 0. The molecule has 0 heterocycles. The van der Waals surface area contributed by atoms with Gasteiger partial charge in [0.05, 0.1) is 6.61 Å². The maximum atomic E-state index is 12.7. The molecule has 326 valence electrons. The highest BCUT2D eigenvalue weighted by Crippen LogP contribution is 2.14. The van der Waals surface area contributed by atoms with E-state index in [9.17, 15) is 9.59 Å². The first-order valence-electron chi connectivity index (χ1n) is 24.2. The van der Waals surface area contributed by atoms with Crippen molar-refractivity contribution in [2.75, 3.05) is 19.8 Å². The first-order valence-corrected chi connectivity index (χ1v) is 24.2. The summed E-state index contributed by atoms with van der Waals surface area (Å²) in [5, 5.41) is 0. The van der Waals surface area contributed by atoms with Gasteiger partial charge in [-0.25, -0.2) is 0 Å². The first kappa shape index (κ1) is 53.9. The Morgan fingerprint density at radius 1 is 0.393 bits per heavy atom. The van der Waals surface area contributed by atoms with Crippen LogP contribution in [0.3, 0.4) is 0 Å². The molecule has 5 nitrogen and oxygen atoms in total. The van der Waals surface area contributed by atoms with Crippen LogP contribution in [0, 0.1) is 0 Å². The zero-order chi connectivity index (χ0) is 40.7. The SMILES string of the molecule is CCC/C=C\C/C=C\CCCCCCCCOCC(COC(=O)CCCCCCCCC/C=C\C/C=C\CCCCC)OC(=O)CCCCCCCCCCC. The van der Waals surface area contributed by atoms with Crippen LogP contribution in [0.15, 0.2) is 48.6 Å². The summed E-state index contributed by atoms with van der Waals surface area (Å²) in [7, 11) is 0. The highest BCUT2D eigenvalue weighted by atomic mass is 16.6. The standard InChI is InChI=1S/C51H92O5/c1-4-7-10-13-16-19-21-23-25-26-27-28-30-33-35-38-41-44-50(52)55-48-49(56-51(53)45-42-39-36-32-18-15-12-9-6-3)47-54-46-43-40-37-34-31-29-24-22-20-17-14-11-8-5-2/h11,14,16,19-20,22-23,25,49H,4-10,12-13,15,17-18,21,24,26-48H2,1-3H3/b14-11-,19-16-,22-20-,25-23-. The summed E-state index contributed by atoms with van der Waals surface area (Å²) in [4.78, 5) is 25.2. The quantitative estimate of drug-likeness (QED) is 0.0350. The molecule has 5 heteroatoms. The van der Waals surface area contributed by atoms with E-state index >= 15 is 0 Å². The number of unbranched alkanes of at least 4 members (excludes halogenated alkanes) is 25. The second-order valence-corrected chi connectivity index (χ2v) is 16.0. The normalized spacial score (nSPS) is 12.6. The van der Waals surface area contributed by atoms with E-state index in [4.69, 9.17) is 14.2 Å². The second kappa shape index (κ2) is 47.2. The predicted octanol–water partition coefficient (Wildman–Crippen LogP) is 16.0. The van der Waals surface area contributed by atoms with Crippen LogP contribution < -0.4 is 0 Å². The number of rotatable bonds is 44. The number of allylic oxidation sites excluding steroid dienone is 8. The Labute approximate surface area is 348 Å².